The highest BCUT2D eigenvalue weighted by Crippen LogP contribution is 2.17. The molecular weight excluding hydrogens is 260 g/mol. The molecule has 2 aromatic carbocycles. The zero-order valence-corrected chi connectivity index (χ0v) is 12.0. The molecule has 0 aliphatic carbocycles. The third-order valence-electron chi connectivity index (χ3n) is 3.55. The zero-order valence-electron chi connectivity index (χ0n) is 12.0. The van der Waals surface area contributed by atoms with Crippen LogP contribution in [0, 0.1) is 11.3 Å². The van der Waals surface area contributed by atoms with Gasteiger partial charge in [0.2, 0.25) is 0 Å². The Morgan fingerprint density at radius 3 is 2.33 bits per heavy atom. The first-order valence-corrected chi connectivity index (χ1v) is 6.98. The maximum Gasteiger partial charge on any atom is 0.141 e. The molecule has 3 nitrogen and oxygen atoms in total. The molecule has 0 aromatic heterocycles. The SMILES string of the molecule is CC(CNC(C=O)c1ccccc1)c1ccc(C#N)cc1. The van der Waals surface area contributed by atoms with Gasteiger partial charge in [-0.25, -0.2) is 0 Å². The lowest BCUT2D eigenvalue weighted by molar-refractivity contribution is -0.109. The van der Waals surface area contributed by atoms with Gasteiger partial charge in [-0.15, -0.1) is 0 Å². The number of rotatable bonds is 6. The Morgan fingerprint density at radius 2 is 1.76 bits per heavy atom. The van der Waals surface area contributed by atoms with Crippen molar-refractivity contribution in [3.8, 4) is 6.07 Å². The van der Waals surface area contributed by atoms with Crippen LogP contribution in [0.2, 0.25) is 0 Å². The molecule has 0 spiro atoms. The van der Waals surface area contributed by atoms with Crippen LogP contribution in [0.15, 0.2) is 54.6 Å². The molecule has 2 aromatic rings. The van der Waals surface area contributed by atoms with E-state index in [1.54, 1.807) is 0 Å². The lowest BCUT2D eigenvalue weighted by atomic mass is 9.99. The van der Waals surface area contributed by atoms with Crippen molar-refractivity contribution in [2.75, 3.05) is 6.54 Å². The van der Waals surface area contributed by atoms with Gasteiger partial charge in [0.25, 0.3) is 0 Å². The molecule has 3 heteroatoms. The molecule has 0 fully saturated rings. The van der Waals surface area contributed by atoms with E-state index in [9.17, 15) is 4.79 Å². The summed E-state index contributed by atoms with van der Waals surface area (Å²) in [5, 5.41) is 12.1. The Hall–Kier alpha value is -2.44. The summed E-state index contributed by atoms with van der Waals surface area (Å²) in [6.45, 7) is 2.80. The van der Waals surface area contributed by atoms with Gasteiger partial charge in [0, 0.05) is 6.54 Å². The van der Waals surface area contributed by atoms with Crippen LogP contribution in [0.25, 0.3) is 0 Å². The highest BCUT2D eigenvalue weighted by molar-refractivity contribution is 5.61. The van der Waals surface area contributed by atoms with E-state index >= 15 is 0 Å². The van der Waals surface area contributed by atoms with Crippen molar-refractivity contribution in [1.29, 1.82) is 5.26 Å². The minimum Gasteiger partial charge on any atom is -0.303 e. The van der Waals surface area contributed by atoms with E-state index in [0.29, 0.717) is 12.1 Å². The number of benzene rings is 2. The number of nitrogens with one attached hydrogen (secondary N) is 1. The van der Waals surface area contributed by atoms with Crippen LogP contribution in [0.1, 0.15) is 35.6 Å². The summed E-state index contributed by atoms with van der Waals surface area (Å²) in [5.41, 5.74) is 2.78. The zero-order chi connectivity index (χ0) is 15.1. The Morgan fingerprint density at radius 1 is 1.10 bits per heavy atom. The Labute approximate surface area is 125 Å². The van der Waals surface area contributed by atoms with Crippen molar-refractivity contribution in [3.63, 3.8) is 0 Å². The lowest BCUT2D eigenvalue weighted by Gasteiger charge is -2.17. The molecule has 0 aliphatic heterocycles. The Kier molecular flexibility index (Phi) is 5.25. The average Bonchev–Trinajstić information content (AvgIpc) is 2.56. The van der Waals surface area contributed by atoms with Crippen molar-refractivity contribution >= 4 is 6.29 Å². The first-order valence-electron chi connectivity index (χ1n) is 6.98. The van der Waals surface area contributed by atoms with Gasteiger partial charge in [-0.3, -0.25) is 0 Å². The number of hydrogen-bond donors (Lipinski definition) is 1. The molecule has 2 unspecified atom stereocenters. The molecule has 0 bridgehead atoms. The molecule has 2 atom stereocenters. The fourth-order valence-electron chi connectivity index (χ4n) is 2.21. The minimum absolute atomic E-state index is 0.268. The highest BCUT2D eigenvalue weighted by Gasteiger charge is 2.12. The van der Waals surface area contributed by atoms with Crippen molar-refractivity contribution in [2.24, 2.45) is 0 Å². The van der Waals surface area contributed by atoms with Gasteiger partial charge in [0.1, 0.15) is 6.29 Å². The number of nitriles is 1. The third-order valence-corrected chi connectivity index (χ3v) is 3.55. The van der Waals surface area contributed by atoms with Crippen LogP contribution in [0.5, 0.6) is 0 Å². The number of carbonyl (C=O) groups is 1. The van der Waals surface area contributed by atoms with Crippen LogP contribution >= 0.6 is 0 Å². The van der Waals surface area contributed by atoms with Gasteiger partial charge in [-0.2, -0.15) is 5.26 Å². The van der Waals surface area contributed by atoms with Gasteiger partial charge < -0.3 is 10.1 Å². The van der Waals surface area contributed by atoms with Crippen molar-refractivity contribution in [2.45, 2.75) is 18.9 Å². The second kappa shape index (κ2) is 7.37. The monoisotopic (exact) mass is 278 g/mol. The number of aldehydes is 1. The van der Waals surface area contributed by atoms with E-state index < -0.39 is 0 Å². The topological polar surface area (TPSA) is 52.9 Å². The van der Waals surface area contributed by atoms with Gasteiger partial charge in [0.15, 0.2) is 0 Å². The van der Waals surface area contributed by atoms with Crippen molar-refractivity contribution in [1.82, 2.24) is 5.32 Å². The summed E-state index contributed by atoms with van der Waals surface area (Å²) in [4.78, 5) is 11.2. The smallest absolute Gasteiger partial charge is 0.141 e. The predicted molar refractivity (Wildman–Crippen MR) is 82.8 cm³/mol. The van der Waals surface area contributed by atoms with E-state index in [1.807, 2.05) is 54.6 Å². The van der Waals surface area contributed by atoms with Crippen molar-refractivity contribution in [3.05, 3.63) is 71.3 Å². The summed E-state index contributed by atoms with van der Waals surface area (Å²) in [5.74, 6) is 0.268. The van der Waals surface area contributed by atoms with Crippen molar-refractivity contribution < 1.29 is 4.79 Å². The molecule has 0 radical (unpaired) electrons. The fourth-order valence-corrected chi connectivity index (χ4v) is 2.21. The van der Waals surface area contributed by atoms with Gasteiger partial charge in [0.05, 0.1) is 17.7 Å². The van der Waals surface area contributed by atoms with Crippen LogP contribution < -0.4 is 5.32 Å². The van der Waals surface area contributed by atoms with E-state index in [2.05, 4.69) is 18.3 Å². The first-order chi connectivity index (χ1) is 10.2. The summed E-state index contributed by atoms with van der Waals surface area (Å²) < 4.78 is 0. The molecule has 106 valence electrons. The minimum atomic E-state index is -0.285. The average molecular weight is 278 g/mol. The van der Waals surface area contributed by atoms with E-state index in [-0.39, 0.29) is 12.0 Å². The molecule has 0 amide bonds. The maximum absolute atomic E-state index is 11.2. The van der Waals surface area contributed by atoms with Gasteiger partial charge in [-0.1, -0.05) is 49.4 Å². The second-order valence-electron chi connectivity index (χ2n) is 5.07. The quantitative estimate of drug-likeness (QED) is 0.826. The maximum atomic E-state index is 11.2. The van der Waals surface area contributed by atoms with Crippen LogP contribution in [0.4, 0.5) is 0 Å². The van der Waals surface area contributed by atoms with E-state index in [1.165, 1.54) is 0 Å². The molecule has 0 aliphatic rings. The third kappa shape index (κ3) is 4.01. The molecule has 0 heterocycles. The number of hydrogen-bond acceptors (Lipinski definition) is 3. The Bertz CT molecular complexity index is 614. The fraction of sp³-hybridized carbons (Fsp3) is 0.222. The van der Waals surface area contributed by atoms with Gasteiger partial charge >= 0.3 is 0 Å². The molecule has 1 N–H and O–H groups in total. The molecule has 0 saturated heterocycles. The highest BCUT2D eigenvalue weighted by atomic mass is 16.1. The normalized spacial score (nSPS) is 13.1. The molecule has 0 saturated carbocycles. The number of nitrogens with zero attached hydrogens (tertiary/aromatic N) is 1. The predicted octanol–water partition coefficient (Wildman–Crippen LogP) is 3.19. The summed E-state index contributed by atoms with van der Waals surface area (Å²) in [6, 6.07) is 19.1. The second-order valence-corrected chi connectivity index (χ2v) is 5.07. The summed E-state index contributed by atoms with van der Waals surface area (Å²) in [7, 11) is 0. The molecule has 2 rings (SSSR count). The number of carbonyl (C=O) groups excluding carboxylic acids is 1. The molecular formula is C18H18N2O. The Balaban J connectivity index is 1.97. The van der Waals surface area contributed by atoms with E-state index in [4.69, 9.17) is 5.26 Å². The standard InChI is InChI=1S/C18H18N2O/c1-14(16-9-7-15(11-19)8-10-16)12-20-18(13-21)17-5-3-2-4-6-17/h2-10,13-14,18,20H,12H2,1H3. The van der Waals surface area contributed by atoms with Gasteiger partial charge in [-0.05, 0) is 29.2 Å². The summed E-state index contributed by atoms with van der Waals surface area (Å²) >= 11 is 0. The largest absolute Gasteiger partial charge is 0.303 e. The van der Waals surface area contributed by atoms with Crippen LogP contribution in [-0.4, -0.2) is 12.8 Å². The first kappa shape index (κ1) is 15.0. The summed E-state index contributed by atoms with van der Waals surface area (Å²) in [6.07, 6.45) is 0.931. The lowest BCUT2D eigenvalue weighted by Crippen LogP contribution is -2.26. The van der Waals surface area contributed by atoms with E-state index in [0.717, 1.165) is 17.4 Å². The van der Waals surface area contributed by atoms with Crippen LogP contribution in [-0.2, 0) is 4.79 Å². The van der Waals surface area contributed by atoms with Crippen LogP contribution in [0.3, 0.4) is 0 Å². The molecule has 21 heavy (non-hydrogen) atoms.